The highest BCUT2D eigenvalue weighted by Crippen LogP contribution is 2.34. The molecule has 6 nitrogen and oxygen atoms in total. The van der Waals surface area contributed by atoms with Gasteiger partial charge in [0.1, 0.15) is 11.1 Å². The summed E-state index contributed by atoms with van der Waals surface area (Å²) in [5.74, 6) is 0.182. The number of phenols is 1. The predicted molar refractivity (Wildman–Crippen MR) is 142 cm³/mol. The Morgan fingerprint density at radius 1 is 1.06 bits per heavy atom. The molecular formula is C27H33N3O3S. The van der Waals surface area contributed by atoms with Gasteiger partial charge in [-0.25, -0.2) is 4.79 Å². The Labute approximate surface area is 206 Å². The van der Waals surface area contributed by atoms with Crippen molar-refractivity contribution in [3.63, 3.8) is 0 Å². The van der Waals surface area contributed by atoms with Crippen LogP contribution in [0, 0.1) is 11.8 Å². The van der Waals surface area contributed by atoms with E-state index in [1.54, 1.807) is 12.3 Å². The van der Waals surface area contributed by atoms with E-state index >= 15 is 0 Å². The molecule has 0 spiro atoms. The van der Waals surface area contributed by atoms with Crippen molar-refractivity contribution in [1.82, 2.24) is 10.3 Å². The SMILES string of the molecule is COC(=O)c1cc(NC(=S)NCC(C)C)c2cc(Cc3ccc(CC(C)C)cc3)cnc2c1O. The Balaban J connectivity index is 1.96. The number of thiocarbonyl (C=S) groups is 1. The maximum Gasteiger partial charge on any atom is 0.341 e. The topological polar surface area (TPSA) is 83.5 Å². The standard InChI is InChI=1S/C27H33N3O3S/c1-16(2)10-18-6-8-19(9-7-18)11-20-12-21-23(30-27(34)29-14-17(3)4)13-22(26(32)33-5)25(31)24(21)28-15-20/h6-9,12-13,15-17,31H,10-11,14H2,1-5H3,(H2,29,30,34). The largest absolute Gasteiger partial charge is 0.505 e. The molecule has 180 valence electrons. The number of esters is 1. The molecule has 0 bridgehead atoms. The summed E-state index contributed by atoms with van der Waals surface area (Å²) in [5.41, 5.74) is 4.41. The van der Waals surface area contributed by atoms with Crippen LogP contribution in [0.1, 0.15) is 54.7 Å². The van der Waals surface area contributed by atoms with Crippen LogP contribution in [0.5, 0.6) is 5.75 Å². The van der Waals surface area contributed by atoms with Gasteiger partial charge in [-0.15, -0.1) is 0 Å². The summed E-state index contributed by atoms with van der Waals surface area (Å²) in [7, 11) is 1.27. The van der Waals surface area contributed by atoms with Gasteiger partial charge in [-0.3, -0.25) is 4.98 Å². The highest BCUT2D eigenvalue weighted by Gasteiger charge is 2.20. The number of ether oxygens (including phenoxy) is 1. The molecule has 3 rings (SSSR count). The summed E-state index contributed by atoms with van der Waals surface area (Å²) in [4.78, 5) is 16.7. The van der Waals surface area contributed by atoms with E-state index in [2.05, 4.69) is 67.6 Å². The van der Waals surface area contributed by atoms with Gasteiger partial charge >= 0.3 is 5.97 Å². The van der Waals surface area contributed by atoms with Gasteiger partial charge in [0.15, 0.2) is 10.9 Å². The molecule has 0 aliphatic rings. The lowest BCUT2D eigenvalue weighted by molar-refractivity contribution is 0.0598. The van der Waals surface area contributed by atoms with E-state index in [-0.39, 0.29) is 11.3 Å². The molecule has 2 aromatic carbocycles. The van der Waals surface area contributed by atoms with Crippen molar-refractivity contribution < 1.29 is 14.6 Å². The molecule has 0 atom stereocenters. The number of phenolic OH excluding ortho intramolecular Hbond substituents is 1. The summed E-state index contributed by atoms with van der Waals surface area (Å²) in [6, 6.07) is 12.2. The van der Waals surface area contributed by atoms with Crippen molar-refractivity contribution >= 4 is 39.9 Å². The first-order valence-electron chi connectivity index (χ1n) is 11.5. The van der Waals surface area contributed by atoms with E-state index in [9.17, 15) is 9.90 Å². The Morgan fingerprint density at radius 2 is 1.74 bits per heavy atom. The number of methoxy groups -OCH3 is 1. The molecule has 7 heteroatoms. The lowest BCUT2D eigenvalue weighted by Crippen LogP contribution is -2.31. The first-order valence-corrected chi connectivity index (χ1v) is 11.9. The third-order valence-electron chi connectivity index (χ3n) is 5.40. The number of fused-ring (bicyclic) bond motifs is 1. The number of hydrogen-bond acceptors (Lipinski definition) is 5. The van der Waals surface area contributed by atoms with Gasteiger partial charge in [0.2, 0.25) is 0 Å². The van der Waals surface area contributed by atoms with Crippen molar-refractivity contribution in [2.75, 3.05) is 19.0 Å². The van der Waals surface area contributed by atoms with Gasteiger partial charge in [-0.1, -0.05) is 52.0 Å². The Morgan fingerprint density at radius 3 is 2.35 bits per heavy atom. The van der Waals surface area contributed by atoms with E-state index < -0.39 is 5.97 Å². The average molecular weight is 480 g/mol. The molecule has 34 heavy (non-hydrogen) atoms. The molecule has 0 saturated carbocycles. The third kappa shape index (κ3) is 6.44. The number of rotatable bonds is 8. The maximum atomic E-state index is 12.2. The van der Waals surface area contributed by atoms with Gasteiger partial charge in [0.05, 0.1) is 12.8 Å². The molecule has 1 heterocycles. The smallest absolute Gasteiger partial charge is 0.341 e. The zero-order chi connectivity index (χ0) is 24.8. The molecule has 0 aliphatic carbocycles. The number of nitrogens with one attached hydrogen (secondary N) is 2. The molecule has 0 saturated heterocycles. The molecule has 0 fully saturated rings. The van der Waals surface area contributed by atoms with Crippen LogP contribution in [0.25, 0.3) is 10.9 Å². The summed E-state index contributed by atoms with van der Waals surface area (Å²) in [5, 5.41) is 18.2. The minimum Gasteiger partial charge on any atom is -0.505 e. The fraction of sp³-hybridized carbons (Fsp3) is 0.370. The number of benzene rings is 2. The fourth-order valence-electron chi connectivity index (χ4n) is 3.75. The number of aromatic nitrogens is 1. The van der Waals surface area contributed by atoms with Crippen LogP contribution in [0.3, 0.4) is 0 Å². The number of carbonyl (C=O) groups excluding carboxylic acids is 1. The normalized spacial score (nSPS) is 11.1. The minimum atomic E-state index is -0.643. The zero-order valence-corrected chi connectivity index (χ0v) is 21.3. The van der Waals surface area contributed by atoms with Crippen molar-refractivity contribution in [1.29, 1.82) is 0 Å². The number of anilines is 1. The molecule has 0 radical (unpaired) electrons. The van der Waals surface area contributed by atoms with Gasteiger partial charge in [0, 0.05) is 18.1 Å². The second-order valence-electron chi connectivity index (χ2n) is 9.37. The second kappa shape index (κ2) is 11.3. The molecule has 0 unspecified atom stereocenters. The van der Waals surface area contributed by atoms with Gasteiger partial charge in [0.25, 0.3) is 0 Å². The first-order chi connectivity index (χ1) is 16.2. The van der Waals surface area contributed by atoms with Crippen molar-refractivity contribution in [2.24, 2.45) is 11.8 Å². The molecular weight excluding hydrogens is 446 g/mol. The van der Waals surface area contributed by atoms with Crippen molar-refractivity contribution in [3.05, 3.63) is 64.8 Å². The number of hydrogen-bond donors (Lipinski definition) is 3. The average Bonchev–Trinajstić information content (AvgIpc) is 2.80. The van der Waals surface area contributed by atoms with Crippen LogP contribution in [0.2, 0.25) is 0 Å². The third-order valence-corrected chi connectivity index (χ3v) is 5.65. The number of nitrogens with zero attached hydrogens (tertiary/aromatic N) is 1. The lowest BCUT2D eigenvalue weighted by atomic mass is 9.98. The van der Waals surface area contributed by atoms with E-state index in [1.807, 2.05) is 6.07 Å². The van der Waals surface area contributed by atoms with Crippen LogP contribution in [0.4, 0.5) is 5.69 Å². The van der Waals surface area contributed by atoms with Gasteiger partial charge < -0.3 is 20.5 Å². The number of carbonyl (C=O) groups is 1. The zero-order valence-electron chi connectivity index (χ0n) is 20.4. The van der Waals surface area contributed by atoms with Gasteiger partial charge in [-0.2, -0.15) is 0 Å². The summed E-state index contributed by atoms with van der Waals surface area (Å²) >= 11 is 5.45. The number of aromatic hydroxyl groups is 1. The Kier molecular flexibility index (Phi) is 8.45. The minimum absolute atomic E-state index is 0.0325. The summed E-state index contributed by atoms with van der Waals surface area (Å²) in [6.45, 7) is 9.32. The Hall–Kier alpha value is -3.19. The molecule has 0 amide bonds. The van der Waals surface area contributed by atoms with E-state index in [0.29, 0.717) is 46.5 Å². The van der Waals surface area contributed by atoms with Crippen molar-refractivity contribution in [2.45, 2.75) is 40.5 Å². The molecule has 0 aliphatic heterocycles. The quantitative estimate of drug-likeness (QED) is 0.225. The highest BCUT2D eigenvalue weighted by atomic mass is 32.1. The van der Waals surface area contributed by atoms with Crippen LogP contribution in [-0.4, -0.2) is 34.8 Å². The Bertz CT molecular complexity index is 1170. The molecule has 3 aromatic rings. The first kappa shape index (κ1) is 25.4. The summed E-state index contributed by atoms with van der Waals surface area (Å²) in [6.07, 6.45) is 3.48. The van der Waals surface area contributed by atoms with Crippen LogP contribution in [-0.2, 0) is 17.6 Å². The highest BCUT2D eigenvalue weighted by molar-refractivity contribution is 7.80. The maximum absolute atomic E-state index is 12.2. The predicted octanol–water partition coefficient (Wildman–Crippen LogP) is 5.46. The van der Waals surface area contributed by atoms with E-state index in [0.717, 1.165) is 12.0 Å². The monoisotopic (exact) mass is 479 g/mol. The number of pyridine rings is 1. The second-order valence-corrected chi connectivity index (χ2v) is 9.78. The van der Waals surface area contributed by atoms with Gasteiger partial charge in [-0.05, 0) is 65.7 Å². The fourth-order valence-corrected chi connectivity index (χ4v) is 3.94. The lowest BCUT2D eigenvalue weighted by Gasteiger charge is -2.16. The van der Waals surface area contributed by atoms with E-state index in [1.165, 1.54) is 18.2 Å². The van der Waals surface area contributed by atoms with Crippen LogP contribution >= 0.6 is 12.2 Å². The van der Waals surface area contributed by atoms with Crippen LogP contribution in [0.15, 0.2) is 42.6 Å². The van der Waals surface area contributed by atoms with E-state index in [4.69, 9.17) is 17.0 Å². The summed E-state index contributed by atoms with van der Waals surface area (Å²) < 4.78 is 4.84. The molecule has 3 N–H and O–H groups in total. The van der Waals surface area contributed by atoms with Crippen molar-refractivity contribution in [3.8, 4) is 5.75 Å². The molecule has 1 aromatic heterocycles. The van der Waals surface area contributed by atoms with Crippen LogP contribution < -0.4 is 10.6 Å².